The highest BCUT2D eigenvalue weighted by atomic mass is 16.5. The van der Waals surface area contributed by atoms with Crippen LogP contribution in [0.2, 0.25) is 0 Å². The molecule has 34 heavy (non-hydrogen) atoms. The molecule has 1 amide bonds. The first-order valence-electron chi connectivity index (χ1n) is 11.4. The minimum atomic E-state index is -0.611. The molecule has 178 valence electrons. The molecule has 0 radical (unpaired) electrons. The number of ether oxygens (including phenoxy) is 2. The number of carbonyl (C=O) groups excluding carboxylic acids is 1. The van der Waals surface area contributed by atoms with Crippen LogP contribution in [0.1, 0.15) is 23.2 Å². The van der Waals surface area contributed by atoms with E-state index in [4.69, 9.17) is 9.47 Å². The number of aliphatic hydroxyl groups excluding tert-OH is 1. The summed E-state index contributed by atoms with van der Waals surface area (Å²) < 4.78 is 13.5. The topological polar surface area (TPSA) is 127 Å². The molecule has 1 atom stereocenters. The first-order valence-corrected chi connectivity index (χ1v) is 11.4. The summed E-state index contributed by atoms with van der Waals surface area (Å²) in [4.78, 5) is 31.6. The number of nitrogens with one attached hydrogen (secondary N) is 1. The molecule has 0 aliphatic carbocycles. The van der Waals surface area contributed by atoms with E-state index in [1.807, 2.05) is 16.7 Å². The summed E-state index contributed by atoms with van der Waals surface area (Å²) >= 11 is 0. The largest absolute Gasteiger partial charge is 0.491 e. The van der Waals surface area contributed by atoms with E-state index in [2.05, 4.69) is 30.2 Å². The minimum absolute atomic E-state index is 0.139. The summed E-state index contributed by atoms with van der Waals surface area (Å²) in [6, 6.07) is 3.71. The number of methoxy groups -OCH3 is 1. The SMILES string of the molecule is COc1c(OCC(O)CN2CCCC2)ccc2c3n(c(=NC(=O)c4cncnc4)nc12)CCN3. The van der Waals surface area contributed by atoms with Gasteiger partial charge in [-0.2, -0.15) is 4.99 Å². The highest BCUT2D eigenvalue weighted by Crippen LogP contribution is 2.37. The summed E-state index contributed by atoms with van der Waals surface area (Å²) in [5.41, 5.74) is 1.05. The first kappa shape index (κ1) is 22.2. The fraction of sp³-hybridized carbons (Fsp3) is 0.435. The van der Waals surface area contributed by atoms with Crippen molar-refractivity contribution in [2.75, 3.05) is 45.2 Å². The van der Waals surface area contributed by atoms with E-state index in [0.717, 1.165) is 24.3 Å². The number of likely N-dealkylation sites (tertiary alicyclic amines) is 1. The Morgan fingerprint density at radius 1 is 1.24 bits per heavy atom. The summed E-state index contributed by atoms with van der Waals surface area (Å²) in [6.07, 6.45) is 5.92. The van der Waals surface area contributed by atoms with Crippen LogP contribution in [0.4, 0.5) is 5.82 Å². The second-order valence-corrected chi connectivity index (χ2v) is 8.35. The van der Waals surface area contributed by atoms with Crippen molar-refractivity contribution in [2.24, 2.45) is 4.99 Å². The Kier molecular flexibility index (Phi) is 6.37. The summed E-state index contributed by atoms with van der Waals surface area (Å²) in [5, 5.41) is 14.6. The molecule has 3 aromatic rings. The Bertz CT molecular complexity index is 1260. The van der Waals surface area contributed by atoms with Gasteiger partial charge in [0.05, 0.1) is 12.7 Å². The number of amides is 1. The molecule has 2 N–H and O–H groups in total. The van der Waals surface area contributed by atoms with Gasteiger partial charge in [0.25, 0.3) is 5.91 Å². The zero-order chi connectivity index (χ0) is 23.5. The fourth-order valence-corrected chi connectivity index (χ4v) is 4.41. The second-order valence-electron chi connectivity index (χ2n) is 8.35. The molecule has 1 saturated heterocycles. The van der Waals surface area contributed by atoms with Gasteiger partial charge in [-0.3, -0.25) is 9.36 Å². The molecule has 0 bridgehead atoms. The fourth-order valence-electron chi connectivity index (χ4n) is 4.41. The zero-order valence-corrected chi connectivity index (χ0v) is 19.0. The van der Waals surface area contributed by atoms with Crippen molar-refractivity contribution in [1.29, 1.82) is 0 Å². The van der Waals surface area contributed by atoms with Crippen molar-refractivity contribution >= 4 is 22.6 Å². The average Bonchev–Trinajstić information content (AvgIpc) is 3.55. The number of anilines is 1. The second kappa shape index (κ2) is 9.74. The first-order chi connectivity index (χ1) is 16.6. The highest BCUT2D eigenvalue weighted by Gasteiger charge is 2.22. The van der Waals surface area contributed by atoms with Crippen molar-refractivity contribution < 1.29 is 19.4 Å². The van der Waals surface area contributed by atoms with Crippen LogP contribution in [0, 0.1) is 0 Å². The predicted molar refractivity (Wildman–Crippen MR) is 124 cm³/mol. The van der Waals surface area contributed by atoms with Crippen molar-refractivity contribution in [1.82, 2.24) is 24.4 Å². The Labute approximate surface area is 196 Å². The maximum Gasteiger partial charge on any atom is 0.283 e. The molecule has 0 saturated carbocycles. The summed E-state index contributed by atoms with van der Waals surface area (Å²) in [7, 11) is 1.54. The van der Waals surface area contributed by atoms with Crippen LogP contribution in [0.3, 0.4) is 0 Å². The Morgan fingerprint density at radius 2 is 2.03 bits per heavy atom. The number of hydrogen-bond acceptors (Lipinski definition) is 9. The van der Waals surface area contributed by atoms with Gasteiger partial charge in [0.15, 0.2) is 11.5 Å². The molecule has 2 aromatic heterocycles. The number of hydrogen-bond donors (Lipinski definition) is 2. The summed E-state index contributed by atoms with van der Waals surface area (Å²) in [5.74, 6) is 1.22. The standard InChI is InChI=1S/C23H27N7O4/c1-33-20-18(34-13-16(31)12-29-7-2-3-8-29)5-4-17-19(20)27-23(30-9-6-26-21(17)30)28-22(32)15-10-24-14-25-11-15/h4-5,10-11,14,16,26,31H,2-3,6-9,12-13H2,1H3. The van der Waals surface area contributed by atoms with Gasteiger partial charge in [0.2, 0.25) is 5.62 Å². The average molecular weight is 466 g/mol. The molecule has 1 fully saturated rings. The lowest BCUT2D eigenvalue weighted by atomic mass is 10.2. The lowest BCUT2D eigenvalue weighted by Gasteiger charge is -2.20. The quantitative estimate of drug-likeness (QED) is 0.522. The monoisotopic (exact) mass is 465 g/mol. The molecule has 1 unspecified atom stereocenters. The molecular formula is C23H27N7O4. The van der Waals surface area contributed by atoms with Gasteiger partial charge in [-0.1, -0.05) is 0 Å². The number of aliphatic hydroxyl groups is 1. The highest BCUT2D eigenvalue weighted by molar-refractivity contribution is 5.96. The van der Waals surface area contributed by atoms with E-state index in [1.54, 1.807) is 7.11 Å². The lowest BCUT2D eigenvalue weighted by Crippen LogP contribution is -2.33. The van der Waals surface area contributed by atoms with Crippen LogP contribution in [0.5, 0.6) is 11.5 Å². The van der Waals surface area contributed by atoms with E-state index in [-0.39, 0.29) is 17.8 Å². The Balaban J connectivity index is 1.49. The Morgan fingerprint density at radius 3 is 2.79 bits per heavy atom. The van der Waals surface area contributed by atoms with Crippen LogP contribution in [-0.4, -0.2) is 81.4 Å². The van der Waals surface area contributed by atoms with Gasteiger partial charge in [-0.25, -0.2) is 15.0 Å². The number of β-amino-alcohol motifs (C(OH)–C–C–N with tert-alkyl or cyclic N) is 1. The third-order valence-corrected chi connectivity index (χ3v) is 6.01. The maximum absolute atomic E-state index is 12.7. The predicted octanol–water partition coefficient (Wildman–Crippen LogP) is 0.837. The lowest BCUT2D eigenvalue weighted by molar-refractivity contribution is 0.0748. The molecule has 11 heteroatoms. The van der Waals surface area contributed by atoms with Crippen LogP contribution in [0.25, 0.3) is 10.9 Å². The van der Waals surface area contributed by atoms with Gasteiger partial charge >= 0.3 is 0 Å². The number of aromatic nitrogens is 4. The molecule has 2 aliphatic rings. The molecule has 5 rings (SSSR count). The molecule has 0 spiro atoms. The van der Waals surface area contributed by atoms with Crippen LogP contribution >= 0.6 is 0 Å². The van der Waals surface area contributed by atoms with E-state index in [1.165, 1.54) is 31.6 Å². The molecule has 11 nitrogen and oxygen atoms in total. The van der Waals surface area contributed by atoms with Crippen molar-refractivity contribution in [2.45, 2.75) is 25.5 Å². The van der Waals surface area contributed by atoms with Crippen LogP contribution < -0.4 is 20.4 Å². The summed E-state index contributed by atoms with van der Waals surface area (Å²) in [6.45, 7) is 4.05. The maximum atomic E-state index is 12.7. The zero-order valence-electron chi connectivity index (χ0n) is 19.0. The van der Waals surface area contributed by atoms with Gasteiger partial charge in [0.1, 0.15) is 30.4 Å². The van der Waals surface area contributed by atoms with E-state index in [9.17, 15) is 9.90 Å². The van der Waals surface area contributed by atoms with E-state index >= 15 is 0 Å². The smallest absolute Gasteiger partial charge is 0.283 e. The Hall–Kier alpha value is -3.57. The number of rotatable bonds is 7. The normalized spacial score (nSPS) is 16.9. The van der Waals surface area contributed by atoms with Crippen LogP contribution in [0.15, 0.2) is 35.8 Å². The van der Waals surface area contributed by atoms with Crippen molar-refractivity contribution in [3.05, 3.63) is 42.0 Å². The number of fused-ring (bicyclic) bond motifs is 3. The third-order valence-electron chi connectivity index (χ3n) is 6.01. The van der Waals surface area contributed by atoms with Crippen molar-refractivity contribution in [3.8, 4) is 11.5 Å². The number of benzene rings is 1. The van der Waals surface area contributed by atoms with Gasteiger partial charge < -0.3 is 24.8 Å². The number of nitrogens with zero attached hydrogens (tertiary/aromatic N) is 6. The van der Waals surface area contributed by atoms with Crippen molar-refractivity contribution in [3.63, 3.8) is 0 Å². The molecule has 1 aromatic carbocycles. The van der Waals surface area contributed by atoms with E-state index < -0.39 is 12.0 Å². The molecular weight excluding hydrogens is 438 g/mol. The van der Waals surface area contributed by atoms with Gasteiger partial charge in [-0.15, -0.1) is 0 Å². The van der Waals surface area contributed by atoms with Gasteiger partial charge in [-0.05, 0) is 38.1 Å². The number of carbonyl (C=O) groups is 1. The van der Waals surface area contributed by atoms with E-state index in [0.29, 0.717) is 36.6 Å². The van der Waals surface area contributed by atoms with Gasteiger partial charge in [0, 0.05) is 37.4 Å². The molecule has 4 heterocycles. The van der Waals surface area contributed by atoms with Crippen LogP contribution in [-0.2, 0) is 6.54 Å². The third kappa shape index (κ3) is 4.44. The molecule has 2 aliphatic heterocycles. The minimum Gasteiger partial charge on any atom is -0.491 e.